The van der Waals surface area contributed by atoms with E-state index in [2.05, 4.69) is 36.3 Å². The lowest BCUT2D eigenvalue weighted by atomic mass is 10.1. The number of carbonyl (C=O) groups is 1. The van der Waals surface area contributed by atoms with Gasteiger partial charge in [0.25, 0.3) is 5.78 Å². The molecule has 1 aromatic carbocycles. The van der Waals surface area contributed by atoms with E-state index in [1.165, 1.54) is 12.1 Å². The lowest BCUT2D eigenvalue weighted by molar-refractivity contribution is -0.116. The van der Waals surface area contributed by atoms with Gasteiger partial charge in [0.15, 0.2) is 5.82 Å². The minimum atomic E-state index is -0.486. The second kappa shape index (κ2) is 7.46. The first-order valence-electron chi connectivity index (χ1n) is 8.05. The zero-order valence-electron chi connectivity index (χ0n) is 14.4. The first kappa shape index (κ1) is 18.4. The van der Waals surface area contributed by atoms with Crippen LogP contribution in [0.3, 0.4) is 0 Å². The molecule has 0 fully saturated rings. The van der Waals surface area contributed by atoms with Crippen LogP contribution < -0.4 is 11.1 Å². The third-order valence-corrected chi connectivity index (χ3v) is 4.58. The summed E-state index contributed by atoms with van der Waals surface area (Å²) in [7, 11) is 0. The summed E-state index contributed by atoms with van der Waals surface area (Å²) in [6, 6.07) is 4.50. The first-order valence-corrected chi connectivity index (χ1v) is 8.85. The predicted octanol–water partition coefficient (Wildman–Crippen LogP) is 2.67. The monoisotopic (exact) mass is 420 g/mol. The molecule has 3 aromatic rings. The fourth-order valence-electron chi connectivity index (χ4n) is 2.74. The van der Waals surface area contributed by atoms with Crippen molar-refractivity contribution in [2.75, 3.05) is 5.32 Å². The summed E-state index contributed by atoms with van der Waals surface area (Å²) in [4.78, 5) is 20.9. The number of aromatic nitrogens is 4. The molecule has 0 aliphatic carbocycles. The van der Waals surface area contributed by atoms with Crippen LogP contribution in [0.1, 0.15) is 29.2 Å². The van der Waals surface area contributed by atoms with Gasteiger partial charge < -0.3 is 11.1 Å². The topological polar surface area (TPSA) is 98.2 Å². The van der Waals surface area contributed by atoms with Crippen molar-refractivity contribution in [3.63, 3.8) is 0 Å². The van der Waals surface area contributed by atoms with E-state index in [0.29, 0.717) is 22.5 Å². The summed E-state index contributed by atoms with van der Waals surface area (Å²) in [6.45, 7) is 4.00. The molecule has 3 rings (SSSR count). The summed E-state index contributed by atoms with van der Waals surface area (Å²) in [5.41, 5.74) is 8.30. The van der Waals surface area contributed by atoms with E-state index in [0.717, 1.165) is 17.0 Å². The molecule has 0 aliphatic heterocycles. The van der Waals surface area contributed by atoms with Gasteiger partial charge in [-0.15, -0.1) is 5.10 Å². The molecule has 0 saturated heterocycles. The third kappa shape index (κ3) is 3.73. The van der Waals surface area contributed by atoms with Gasteiger partial charge in [-0.05, 0) is 44.0 Å². The fourth-order valence-corrected chi connectivity index (χ4v) is 3.07. The van der Waals surface area contributed by atoms with E-state index in [9.17, 15) is 9.18 Å². The van der Waals surface area contributed by atoms with Crippen LogP contribution in [0.25, 0.3) is 5.78 Å². The van der Waals surface area contributed by atoms with Gasteiger partial charge >= 0.3 is 0 Å². The van der Waals surface area contributed by atoms with Crippen LogP contribution in [0.2, 0.25) is 0 Å². The Balaban J connectivity index is 1.75. The predicted molar refractivity (Wildman–Crippen MR) is 99.2 cm³/mol. The van der Waals surface area contributed by atoms with Crippen molar-refractivity contribution < 1.29 is 9.18 Å². The smallest absolute Gasteiger partial charge is 0.252 e. The lowest BCUT2D eigenvalue weighted by Gasteiger charge is -2.11. The number of hydrogen-bond acceptors (Lipinski definition) is 5. The molecule has 1 amide bonds. The van der Waals surface area contributed by atoms with E-state index in [4.69, 9.17) is 5.73 Å². The molecule has 0 atom stereocenters. The van der Waals surface area contributed by atoms with Gasteiger partial charge in [0.2, 0.25) is 5.91 Å². The Labute approximate surface area is 158 Å². The number of nitrogens with one attached hydrogen (secondary N) is 1. The molecule has 0 unspecified atom stereocenters. The molecule has 26 heavy (non-hydrogen) atoms. The van der Waals surface area contributed by atoms with Crippen LogP contribution in [0.5, 0.6) is 0 Å². The Morgan fingerprint density at radius 2 is 2.12 bits per heavy atom. The highest BCUT2D eigenvalue weighted by molar-refractivity contribution is 9.10. The van der Waals surface area contributed by atoms with Gasteiger partial charge in [-0.25, -0.2) is 13.9 Å². The zero-order valence-corrected chi connectivity index (χ0v) is 16.0. The Hall–Kier alpha value is -2.39. The summed E-state index contributed by atoms with van der Waals surface area (Å²) >= 11 is 3.19. The van der Waals surface area contributed by atoms with Gasteiger partial charge in [0, 0.05) is 22.3 Å². The van der Waals surface area contributed by atoms with Gasteiger partial charge in [-0.2, -0.15) is 4.98 Å². The van der Waals surface area contributed by atoms with Gasteiger partial charge in [0.05, 0.1) is 12.2 Å². The number of benzene rings is 1. The van der Waals surface area contributed by atoms with Crippen molar-refractivity contribution in [3.8, 4) is 0 Å². The van der Waals surface area contributed by atoms with E-state index in [-0.39, 0.29) is 24.6 Å². The fraction of sp³-hybridized carbons (Fsp3) is 0.294. The van der Waals surface area contributed by atoms with E-state index < -0.39 is 5.82 Å². The number of halogens is 2. The highest BCUT2D eigenvalue weighted by Crippen LogP contribution is 2.20. The molecule has 2 aromatic heterocycles. The molecule has 136 valence electrons. The Morgan fingerprint density at radius 3 is 2.81 bits per heavy atom. The largest absolute Gasteiger partial charge is 0.324 e. The summed E-state index contributed by atoms with van der Waals surface area (Å²) in [5, 5.41) is 6.90. The minimum Gasteiger partial charge on any atom is -0.324 e. The number of amides is 1. The number of anilines is 1. The molecule has 9 heteroatoms. The van der Waals surface area contributed by atoms with Crippen LogP contribution >= 0.6 is 15.9 Å². The quantitative estimate of drug-likeness (QED) is 0.660. The van der Waals surface area contributed by atoms with Crippen LogP contribution in [-0.2, 0) is 17.8 Å². The van der Waals surface area contributed by atoms with Gasteiger partial charge in [-0.1, -0.05) is 15.9 Å². The number of nitrogens with zero attached hydrogens (tertiary/aromatic N) is 4. The SMILES string of the molecule is Cc1nc2nc(CN)nn2c(C)c1CCC(=O)Nc1ccc(Br)cc1F. The Bertz CT molecular complexity index is 987. The second-order valence-corrected chi connectivity index (χ2v) is 6.79. The number of hydrogen-bond donors (Lipinski definition) is 2. The molecule has 0 radical (unpaired) electrons. The zero-order chi connectivity index (χ0) is 18.8. The Kier molecular flexibility index (Phi) is 5.28. The van der Waals surface area contributed by atoms with Crippen molar-refractivity contribution in [1.82, 2.24) is 19.6 Å². The van der Waals surface area contributed by atoms with Crippen molar-refractivity contribution in [2.24, 2.45) is 5.73 Å². The molecular formula is C17H18BrFN6O. The highest BCUT2D eigenvalue weighted by atomic mass is 79.9. The number of fused-ring (bicyclic) bond motifs is 1. The number of rotatable bonds is 5. The maximum atomic E-state index is 13.8. The third-order valence-electron chi connectivity index (χ3n) is 4.08. The molecule has 3 N–H and O–H groups in total. The van der Waals surface area contributed by atoms with Crippen molar-refractivity contribution in [2.45, 2.75) is 33.2 Å². The van der Waals surface area contributed by atoms with Crippen molar-refractivity contribution in [3.05, 3.63) is 51.3 Å². The number of carbonyl (C=O) groups excluding carboxylic acids is 1. The van der Waals surface area contributed by atoms with E-state index >= 15 is 0 Å². The standard InChI is InChI=1S/C17H18BrFN6O/c1-9-12(10(2)25-17(21-9)23-15(8-20)24-25)4-6-16(26)22-14-5-3-11(18)7-13(14)19/h3,5,7H,4,6,8,20H2,1-2H3,(H,22,26). The molecule has 7 nitrogen and oxygen atoms in total. The number of nitrogens with two attached hydrogens (primary N) is 1. The average Bonchev–Trinajstić information content (AvgIpc) is 3.00. The maximum Gasteiger partial charge on any atom is 0.252 e. The van der Waals surface area contributed by atoms with E-state index in [1.807, 2.05) is 13.8 Å². The average molecular weight is 421 g/mol. The van der Waals surface area contributed by atoms with E-state index in [1.54, 1.807) is 10.6 Å². The van der Waals surface area contributed by atoms with Crippen LogP contribution in [0.15, 0.2) is 22.7 Å². The molecular weight excluding hydrogens is 403 g/mol. The normalized spacial score (nSPS) is 11.1. The Morgan fingerprint density at radius 1 is 1.35 bits per heavy atom. The summed E-state index contributed by atoms with van der Waals surface area (Å²) < 4.78 is 16.1. The lowest BCUT2D eigenvalue weighted by Crippen LogP contribution is -2.15. The molecule has 0 saturated carbocycles. The summed E-state index contributed by atoms with van der Waals surface area (Å²) in [5.74, 6) is 0.248. The van der Waals surface area contributed by atoms with Crippen molar-refractivity contribution in [1.29, 1.82) is 0 Å². The van der Waals surface area contributed by atoms with Crippen LogP contribution in [-0.4, -0.2) is 25.5 Å². The van der Waals surface area contributed by atoms with Crippen LogP contribution in [0.4, 0.5) is 10.1 Å². The highest BCUT2D eigenvalue weighted by Gasteiger charge is 2.15. The van der Waals surface area contributed by atoms with Gasteiger partial charge in [0.1, 0.15) is 5.82 Å². The minimum absolute atomic E-state index is 0.157. The van der Waals surface area contributed by atoms with Crippen molar-refractivity contribution >= 4 is 33.3 Å². The second-order valence-electron chi connectivity index (χ2n) is 5.88. The molecule has 0 bridgehead atoms. The number of aryl methyl sites for hydroxylation is 2. The maximum absolute atomic E-state index is 13.8. The molecule has 2 heterocycles. The molecule has 0 spiro atoms. The molecule has 0 aliphatic rings. The summed E-state index contributed by atoms with van der Waals surface area (Å²) in [6.07, 6.45) is 0.658. The van der Waals surface area contributed by atoms with Gasteiger partial charge in [-0.3, -0.25) is 4.79 Å². The van der Waals surface area contributed by atoms with Crippen LogP contribution in [0, 0.1) is 19.7 Å². The first-order chi connectivity index (χ1) is 12.4.